The maximum absolute atomic E-state index is 12.5. The summed E-state index contributed by atoms with van der Waals surface area (Å²) in [5.41, 5.74) is 3.43. The molecule has 24 heavy (non-hydrogen) atoms. The lowest BCUT2D eigenvalue weighted by Crippen LogP contribution is -2.30. The fraction of sp³-hybridized carbons (Fsp3) is 0.200. The summed E-state index contributed by atoms with van der Waals surface area (Å²) in [4.78, 5) is 23.9. The summed E-state index contributed by atoms with van der Waals surface area (Å²) in [7, 11) is 0. The van der Waals surface area contributed by atoms with Crippen LogP contribution in [0, 0.1) is 6.92 Å². The molecule has 4 heteroatoms. The number of fused-ring (bicyclic) bond motifs is 1. The van der Waals surface area contributed by atoms with Gasteiger partial charge in [-0.15, -0.1) is 0 Å². The molecule has 0 aliphatic carbocycles. The van der Waals surface area contributed by atoms with Crippen LogP contribution in [0.3, 0.4) is 0 Å². The van der Waals surface area contributed by atoms with E-state index in [1.54, 1.807) is 0 Å². The fourth-order valence-corrected chi connectivity index (χ4v) is 3.07. The summed E-state index contributed by atoms with van der Waals surface area (Å²) >= 11 is 0. The van der Waals surface area contributed by atoms with Gasteiger partial charge in [0.1, 0.15) is 6.54 Å². The Morgan fingerprint density at radius 1 is 1.12 bits per heavy atom. The smallest absolute Gasteiger partial charge is 0.240 e. The number of hydrogen-bond acceptors (Lipinski definition) is 2. The first-order valence-electron chi connectivity index (χ1n) is 7.99. The second-order valence-corrected chi connectivity index (χ2v) is 5.92. The highest BCUT2D eigenvalue weighted by Crippen LogP contribution is 2.24. The number of amides is 1. The summed E-state index contributed by atoms with van der Waals surface area (Å²) in [6.07, 6.45) is 0.860. The van der Waals surface area contributed by atoms with E-state index in [0.29, 0.717) is 5.56 Å². The van der Waals surface area contributed by atoms with Crippen molar-refractivity contribution < 1.29 is 9.59 Å². The minimum Gasteiger partial charge on any atom is -0.348 e. The third-order valence-electron chi connectivity index (χ3n) is 4.38. The van der Waals surface area contributed by atoms with Gasteiger partial charge >= 0.3 is 0 Å². The van der Waals surface area contributed by atoms with E-state index in [1.165, 1.54) is 0 Å². The summed E-state index contributed by atoms with van der Waals surface area (Å²) in [5, 5.41) is 3.90. The molecule has 1 heterocycles. The molecule has 4 nitrogen and oxygen atoms in total. The lowest BCUT2D eigenvalue weighted by atomic mass is 10.1. The standard InChI is InChI=1S/C20H20N2O2/c1-14(16-8-4-3-5-9-16)21-20(24)12-22-15(2)18(13-23)17-10-6-7-11-19(17)22/h3-11,13-14H,12H2,1-2H3,(H,21,24)/t14-/m1/s1. The van der Waals surface area contributed by atoms with Crippen molar-refractivity contribution in [1.29, 1.82) is 0 Å². The molecule has 1 aromatic heterocycles. The number of benzene rings is 2. The Labute approximate surface area is 141 Å². The molecule has 0 bridgehead atoms. The van der Waals surface area contributed by atoms with Crippen molar-refractivity contribution in [3.05, 3.63) is 71.4 Å². The van der Waals surface area contributed by atoms with Crippen LogP contribution in [0.4, 0.5) is 0 Å². The molecule has 0 saturated carbocycles. The molecule has 3 rings (SSSR count). The van der Waals surface area contributed by atoms with E-state index in [-0.39, 0.29) is 18.5 Å². The summed E-state index contributed by atoms with van der Waals surface area (Å²) < 4.78 is 1.89. The zero-order valence-corrected chi connectivity index (χ0v) is 13.8. The zero-order valence-electron chi connectivity index (χ0n) is 13.8. The van der Waals surface area contributed by atoms with E-state index in [4.69, 9.17) is 0 Å². The van der Waals surface area contributed by atoms with E-state index >= 15 is 0 Å². The van der Waals surface area contributed by atoms with Gasteiger partial charge in [0.05, 0.1) is 6.04 Å². The van der Waals surface area contributed by atoms with Crippen LogP contribution in [0.2, 0.25) is 0 Å². The lowest BCUT2D eigenvalue weighted by Gasteiger charge is -2.15. The van der Waals surface area contributed by atoms with Gasteiger partial charge in [-0.2, -0.15) is 0 Å². The normalized spacial score (nSPS) is 12.1. The van der Waals surface area contributed by atoms with Crippen LogP contribution in [0.5, 0.6) is 0 Å². The number of nitrogens with zero attached hydrogens (tertiary/aromatic N) is 1. The first-order valence-corrected chi connectivity index (χ1v) is 7.99. The average molecular weight is 320 g/mol. The number of nitrogens with one attached hydrogen (secondary N) is 1. The molecule has 1 N–H and O–H groups in total. The van der Waals surface area contributed by atoms with Gasteiger partial charge in [0.25, 0.3) is 0 Å². The summed E-state index contributed by atoms with van der Waals surface area (Å²) in [6.45, 7) is 4.03. The predicted molar refractivity (Wildman–Crippen MR) is 95.1 cm³/mol. The SMILES string of the molecule is Cc1c(C=O)c2ccccc2n1CC(=O)N[C@H](C)c1ccccc1. The van der Waals surface area contributed by atoms with Crippen LogP contribution in [0.25, 0.3) is 10.9 Å². The van der Waals surface area contributed by atoms with Crippen molar-refractivity contribution >= 4 is 23.1 Å². The molecular formula is C20H20N2O2. The Bertz CT molecular complexity index is 881. The molecule has 122 valence electrons. The maximum atomic E-state index is 12.5. The Morgan fingerprint density at radius 3 is 2.50 bits per heavy atom. The second kappa shape index (κ2) is 6.71. The molecular weight excluding hydrogens is 300 g/mol. The zero-order chi connectivity index (χ0) is 17.1. The van der Waals surface area contributed by atoms with Crippen LogP contribution in [-0.4, -0.2) is 16.8 Å². The van der Waals surface area contributed by atoms with Crippen molar-refractivity contribution in [1.82, 2.24) is 9.88 Å². The molecule has 2 aromatic carbocycles. The Morgan fingerprint density at radius 2 is 1.79 bits per heavy atom. The van der Waals surface area contributed by atoms with Crippen molar-refractivity contribution in [3.63, 3.8) is 0 Å². The number of rotatable bonds is 5. The van der Waals surface area contributed by atoms with E-state index in [0.717, 1.165) is 28.4 Å². The number of para-hydroxylation sites is 1. The van der Waals surface area contributed by atoms with Crippen molar-refractivity contribution in [3.8, 4) is 0 Å². The fourth-order valence-electron chi connectivity index (χ4n) is 3.07. The number of carbonyl (C=O) groups is 2. The predicted octanol–water partition coefficient (Wildman–Crippen LogP) is 3.64. The van der Waals surface area contributed by atoms with E-state index in [1.807, 2.05) is 73.0 Å². The van der Waals surface area contributed by atoms with E-state index in [2.05, 4.69) is 5.32 Å². The second-order valence-electron chi connectivity index (χ2n) is 5.92. The third-order valence-corrected chi connectivity index (χ3v) is 4.38. The monoisotopic (exact) mass is 320 g/mol. The van der Waals surface area contributed by atoms with Crippen LogP contribution < -0.4 is 5.32 Å². The molecule has 0 aliphatic rings. The topological polar surface area (TPSA) is 51.1 Å². The van der Waals surface area contributed by atoms with Gasteiger partial charge in [-0.1, -0.05) is 48.5 Å². The first kappa shape index (κ1) is 16.0. The Hall–Kier alpha value is -2.88. The minimum absolute atomic E-state index is 0.0635. The van der Waals surface area contributed by atoms with Crippen LogP contribution in [-0.2, 0) is 11.3 Å². The first-order chi connectivity index (χ1) is 11.6. The number of hydrogen-bond donors (Lipinski definition) is 1. The highest BCUT2D eigenvalue weighted by Gasteiger charge is 2.16. The van der Waals surface area contributed by atoms with Gasteiger partial charge in [-0.3, -0.25) is 9.59 Å². The molecule has 0 fully saturated rings. The number of carbonyl (C=O) groups excluding carboxylic acids is 2. The van der Waals surface area contributed by atoms with Crippen LogP contribution >= 0.6 is 0 Å². The molecule has 1 atom stereocenters. The van der Waals surface area contributed by atoms with Gasteiger partial charge in [0.2, 0.25) is 5.91 Å². The average Bonchev–Trinajstić information content (AvgIpc) is 2.87. The van der Waals surface area contributed by atoms with Gasteiger partial charge in [-0.05, 0) is 25.5 Å². The molecule has 0 saturated heterocycles. The largest absolute Gasteiger partial charge is 0.348 e. The Kier molecular flexibility index (Phi) is 4.47. The van der Waals surface area contributed by atoms with Gasteiger partial charge in [0, 0.05) is 22.2 Å². The number of aromatic nitrogens is 1. The van der Waals surface area contributed by atoms with Crippen LogP contribution in [0.15, 0.2) is 54.6 Å². The van der Waals surface area contributed by atoms with Gasteiger partial charge in [-0.25, -0.2) is 0 Å². The molecule has 0 radical (unpaired) electrons. The highest BCUT2D eigenvalue weighted by atomic mass is 16.2. The van der Waals surface area contributed by atoms with Crippen LogP contribution in [0.1, 0.15) is 34.6 Å². The molecule has 1 amide bonds. The minimum atomic E-state index is -0.0762. The van der Waals surface area contributed by atoms with E-state index < -0.39 is 0 Å². The van der Waals surface area contributed by atoms with E-state index in [9.17, 15) is 9.59 Å². The molecule has 0 aliphatic heterocycles. The quantitative estimate of drug-likeness (QED) is 0.730. The van der Waals surface area contributed by atoms with Gasteiger partial charge in [0.15, 0.2) is 6.29 Å². The third kappa shape index (κ3) is 2.95. The lowest BCUT2D eigenvalue weighted by molar-refractivity contribution is -0.122. The molecule has 0 spiro atoms. The van der Waals surface area contributed by atoms with Gasteiger partial charge < -0.3 is 9.88 Å². The van der Waals surface area contributed by atoms with Crippen molar-refractivity contribution in [2.24, 2.45) is 0 Å². The highest BCUT2D eigenvalue weighted by molar-refractivity contribution is 5.99. The Balaban J connectivity index is 1.84. The van der Waals surface area contributed by atoms with Crippen molar-refractivity contribution in [2.45, 2.75) is 26.4 Å². The summed E-state index contributed by atoms with van der Waals surface area (Å²) in [5.74, 6) is -0.0762. The molecule has 3 aromatic rings. The van der Waals surface area contributed by atoms with Crippen molar-refractivity contribution in [2.75, 3.05) is 0 Å². The summed E-state index contributed by atoms with van der Waals surface area (Å²) in [6, 6.07) is 17.4. The molecule has 0 unspecified atom stereocenters. The maximum Gasteiger partial charge on any atom is 0.240 e. The number of aldehydes is 1.